The third kappa shape index (κ3) is 7.13. The molecule has 0 spiro atoms. The number of hydrogen-bond acceptors (Lipinski definition) is 4. The minimum Gasteiger partial charge on any atom is -0.356 e. The Kier molecular flexibility index (Phi) is 7.45. The number of guanidine groups is 1. The second kappa shape index (κ2) is 8.58. The second-order valence-electron chi connectivity index (χ2n) is 6.02. The first-order valence-electron chi connectivity index (χ1n) is 7.72. The van der Waals surface area contributed by atoms with Crippen molar-refractivity contribution in [1.29, 1.82) is 0 Å². The van der Waals surface area contributed by atoms with Crippen molar-refractivity contribution in [2.75, 3.05) is 38.7 Å². The van der Waals surface area contributed by atoms with Crippen LogP contribution in [-0.4, -0.2) is 70.1 Å². The van der Waals surface area contributed by atoms with Crippen LogP contribution in [0.1, 0.15) is 33.1 Å². The van der Waals surface area contributed by atoms with E-state index in [0.29, 0.717) is 18.4 Å². The van der Waals surface area contributed by atoms with Gasteiger partial charge in [-0.3, -0.25) is 4.99 Å². The highest BCUT2D eigenvalue weighted by atomic mass is 32.2. The first-order valence-corrected chi connectivity index (χ1v) is 9.54. The Morgan fingerprint density at radius 1 is 1.38 bits per heavy atom. The van der Waals surface area contributed by atoms with Crippen molar-refractivity contribution in [3.05, 3.63) is 0 Å². The van der Waals surface area contributed by atoms with Gasteiger partial charge in [-0.15, -0.1) is 0 Å². The molecule has 1 heterocycles. The van der Waals surface area contributed by atoms with Crippen molar-refractivity contribution >= 4 is 15.8 Å². The lowest BCUT2D eigenvalue weighted by Crippen LogP contribution is -2.44. The van der Waals surface area contributed by atoms with Gasteiger partial charge >= 0.3 is 0 Å². The molecule has 1 rings (SSSR count). The molecule has 1 unspecified atom stereocenters. The van der Waals surface area contributed by atoms with E-state index >= 15 is 0 Å². The normalized spacial score (nSPS) is 22.0. The minimum absolute atomic E-state index is 0.00623. The summed E-state index contributed by atoms with van der Waals surface area (Å²) in [7, 11) is 1.00. The van der Waals surface area contributed by atoms with E-state index in [9.17, 15) is 8.42 Å². The Hall–Kier alpha value is -0.820. The molecule has 0 aromatic heterocycles. The SMILES string of the molecule is CN=C(NCCCCN(C)C(C)C)NC1CCS(=O)(=O)C1. The minimum atomic E-state index is -2.85. The molecule has 1 saturated heterocycles. The van der Waals surface area contributed by atoms with Crippen molar-refractivity contribution < 1.29 is 8.42 Å². The zero-order valence-corrected chi connectivity index (χ0v) is 14.5. The summed E-state index contributed by atoms with van der Waals surface area (Å²) < 4.78 is 22.8. The Morgan fingerprint density at radius 2 is 2.10 bits per heavy atom. The average Bonchev–Trinajstić information content (AvgIpc) is 2.75. The summed E-state index contributed by atoms with van der Waals surface area (Å²) in [4.78, 5) is 6.48. The van der Waals surface area contributed by atoms with Gasteiger partial charge in [-0.1, -0.05) is 0 Å². The maximum absolute atomic E-state index is 11.4. The van der Waals surface area contributed by atoms with E-state index < -0.39 is 9.84 Å². The number of aliphatic imine (C=N–C) groups is 1. The van der Waals surface area contributed by atoms with E-state index in [1.165, 1.54) is 0 Å². The van der Waals surface area contributed by atoms with Crippen molar-refractivity contribution in [3.8, 4) is 0 Å². The van der Waals surface area contributed by atoms with Crippen molar-refractivity contribution in [3.63, 3.8) is 0 Å². The molecule has 0 aliphatic carbocycles. The molecule has 0 amide bonds. The molecule has 0 aromatic rings. The van der Waals surface area contributed by atoms with Crippen LogP contribution in [0.3, 0.4) is 0 Å². The predicted molar refractivity (Wildman–Crippen MR) is 88.6 cm³/mol. The molecule has 0 radical (unpaired) electrons. The summed E-state index contributed by atoms with van der Waals surface area (Å²) in [5.41, 5.74) is 0. The molecule has 0 aromatic carbocycles. The molecule has 21 heavy (non-hydrogen) atoms. The lowest BCUT2D eigenvalue weighted by molar-refractivity contribution is 0.268. The molecule has 1 aliphatic rings. The molecular weight excluding hydrogens is 288 g/mol. The number of hydrogen-bond donors (Lipinski definition) is 2. The topological polar surface area (TPSA) is 73.8 Å². The Balaban J connectivity index is 2.18. The van der Waals surface area contributed by atoms with Gasteiger partial charge in [0.1, 0.15) is 0 Å². The quantitative estimate of drug-likeness (QED) is 0.405. The second-order valence-corrected chi connectivity index (χ2v) is 8.25. The number of rotatable bonds is 7. The molecule has 0 saturated carbocycles. The Labute approximate surface area is 129 Å². The third-order valence-corrected chi connectivity index (χ3v) is 5.68. The zero-order valence-electron chi connectivity index (χ0n) is 13.7. The molecule has 2 N–H and O–H groups in total. The average molecular weight is 318 g/mol. The van der Waals surface area contributed by atoms with Gasteiger partial charge in [-0.2, -0.15) is 0 Å². The van der Waals surface area contributed by atoms with Gasteiger partial charge < -0.3 is 15.5 Å². The van der Waals surface area contributed by atoms with Crippen LogP contribution in [0.4, 0.5) is 0 Å². The van der Waals surface area contributed by atoms with Crippen LogP contribution in [0, 0.1) is 0 Å². The van der Waals surface area contributed by atoms with Gasteiger partial charge in [0.2, 0.25) is 0 Å². The standard InChI is InChI=1S/C14H30N4O2S/c1-12(2)18(4)9-6-5-8-16-14(15-3)17-13-7-10-21(19,20)11-13/h12-13H,5-11H2,1-4H3,(H2,15,16,17). The van der Waals surface area contributed by atoms with Crippen LogP contribution in [0.25, 0.3) is 0 Å². The summed E-state index contributed by atoms with van der Waals surface area (Å²) in [6.45, 7) is 6.33. The van der Waals surface area contributed by atoms with Gasteiger partial charge in [0.05, 0.1) is 11.5 Å². The first kappa shape index (κ1) is 18.2. The molecule has 1 fully saturated rings. The van der Waals surface area contributed by atoms with Gasteiger partial charge in [-0.25, -0.2) is 8.42 Å². The number of nitrogens with zero attached hydrogens (tertiary/aromatic N) is 2. The maximum atomic E-state index is 11.4. The molecule has 1 aliphatic heterocycles. The monoisotopic (exact) mass is 318 g/mol. The number of sulfone groups is 1. The van der Waals surface area contributed by atoms with E-state index in [1.54, 1.807) is 7.05 Å². The van der Waals surface area contributed by atoms with Gasteiger partial charge in [0.15, 0.2) is 15.8 Å². The Bertz CT molecular complexity index is 434. The van der Waals surface area contributed by atoms with Crippen LogP contribution < -0.4 is 10.6 Å². The van der Waals surface area contributed by atoms with Crippen LogP contribution >= 0.6 is 0 Å². The van der Waals surface area contributed by atoms with Gasteiger partial charge in [0, 0.05) is 25.7 Å². The van der Waals surface area contributed by atoms with Crippen LogP contribution in [0.5, 0.6) is 0 Å². The molecule has 7 heteroatoms. The number of unbranched alkanes of at least 4 members (excludes halogenated alkanes) is 1. The molecule has 124 valence electrons. The summed E-state index contributed by atoms with van der Waals surface area (Å²) in [6, 6.07) is 0.574. The fourth-order valence-corrected chi connectivity index (χ4v) is 3.92. The smallest absolute Gasteiger partial charge is 0.191 e. The van der Waals surface area contributed by atoms with E-state index in [1.807, 2.05) is 0 Å². The van der Waals surface area contributed by atoms with E-state index in [4.69, 9.17) is 0 Å². The largest absolute Gasteiger partial charge is 0.356 e. The number of nitrogens with one attached hydrogen (secondary N) is 2. The van der Waals surface area contributed by atoms with Crippen molar-refractivity contribution in [2.45, 2.75) is 45.2 Å². The summed E-state index contributed by atoms with van der Waals surface area (Å²) in [5.74, 6) is 1.20. The molecular formula is C14H30N4O2S. The summed E-state index contributed by atoms with van der Waals surface area (Å²) >= 11 is 0. The zero-order chi connectivity index (χ0) is 15.9. The lowest BCUT2D eigenvalue weighted by atomic mass is 10.2. The van der Waals surface area contributed by atoms with Gasteiger partial charge in [0.25, 0.3) is 0 Å². The highest BCUT2D eigenvalue weighted by molar-refractivity contribution is 7.91. The Morgan fingerprint density at radius 3 is 2.62 bits per heavy atom. The fourth-order valence-electron chi connectivity index (χ4n) is 2.25. The van der Waals surface area contributed by atoms with Crippen LogP contribution in [0.15, 0.2) is 4.99 Å². The lowest BCUT2D eigenvalue weighted by Gasteiger charge is -2.21. The van der Waals surface area contributed by atoms with E-state index in [0.717, 1.165) is 25.9 Å². The summed E-state index contributed by atoms with van der Waals surface area (Å²) in [6.07, 6.45) is 2.87. The predicted octanol–water partition coefficient (Wildman–Crippen LogP) is 0.459. The highest BCUT2D eigenvalue weighted by Gasteiger charge is 2.28. The van der Waals surface area contributed by atoms with Crippen molar-refractivity contribution in [1.82, 2.24) is 15.5 Å². The highest BCUT2D eigenvalue weighted by Crippen LogP contribution is 2.10. The van der Waals surface area contributed by atoms with E-state index in [2.05, 4.69) is 41.4 Å². The van der Waals surface area contributed by atoms with Gasteiger partial charge in [-0.05, 0) is 46.7 Å². The van der Waals surface area contributed by atoms with Crippen LogP contribution in [-0.2, 0) is 9.84 Å². The molecule has 0 bridgehead atoms. The molecule has 6 nitrogen and oxygen atoms in total. The fraction of sp³-hybridized carbons (Fsp3) is 0.929. The third-order valence-electron chi connectivity index (χ3n) is 3.91. The summed E-state index contributed by atoms with van der Waals surface area (Å²) in [5, 5.41) is 6.44. The first-order chi connectivity index (χ1) is 9.84. The van der Waals surface area contributed by atoms with Crippen molar-refractivity contribution in [2.24, 2.45) is 4.99 Å². The van der Waals surface area contributed by atoms with Crippen LogP contribution in [0.2, 0.25) is 0 Å². The molecule has 1 atom stereocenters. The van der Waals surface area contributed by atoms with E-state index in [-0.39, 0.29) is 17.5 Å². The maximum Gasteiger partial charge on any atom is 0.191 e.